The number of halogens is 1. The maximum absolute atomic E-state index is 5.64. The van der Waals surface area contributed by atoms with Gasteiger partial charge >= 0.3 is 0 Å². The fourth-order valence-electron chi connectivity index (χ4n) is 1.79. The summed E-state index contributed by atoms with van der Waals surface area (Å²) in [6, 6.07) is 6.14. The van der Waals surface area contributed by atoms with E-state index in [1.807, 2.05) is 12.1 Å². The fraction of sp³-hybridized carbons (Fsp3) is 0.364. The first-order valence-electron chi connectivity index (χ1n) is 5.01. The lowest BCUT2D eigenvalue weighted by atomic mass is 9.99. The summed E-state index contributed by atoms with van der Waals surface area (Å²) in [4.78, 5) is 4.31. The second-order valence-electron chi connectivity index (χ2n) is 3.58. The van der Waals surface area contributed by atoms with Gasteiger partial charge < -0.3 is 11.1 Å². The lowest BCUT2D eigenvalue weighted by Crippen LogP contribution is -2.23. The molecule has 1 aliphatic heterocycles. The molecule has 0 aliphatic carbocycles. The molecule has 0 atom stereocenters. The molecule has 1 aromatic rings. The van der Waals surface area contributed by atoms with Gasteiger partial charge in [0.1, 0.15) is 5.84 Å². The summed E-state index contributed by atoms with van der Waals surface area (Å²) < 4.78 is 0. The van der Waals surface area contributed by atoms with Crippen LogP contribution < -0.4 is 11.1 Å². The molecule has 0 amide bonds. The van der Waals surface area contributed by atoms with E-state index >= 15 is 0 Å². The molecule has 0 bridgehead atoms. The Kier molecular flexibility index (Phi) is 3.23. The summed E-state index contributed by atoms with van der Waals surface area (Å²) in [7, 11) is 0. The molecule has 80 valence electrons. The van der Waals surface area contributed by atoms with Crippen LogP contribution in [0.4, 0.5) is 5.69 Å². The number of nitrogens with zero attached hydrogens (tertiary/aromatic N) is 1. The fourth-order valence-corrected chi connectivity index (χ4v) is 1.84. The van der Waals surface area contributed by atoms with E-state index in [2.05, 4.69) is 16.4 Å². The van der Waals surface area contributed by atoms with Gasteiger partial charge in [-0.1, -0.05) is 12.1 Å². The van der Waals surface area contributed by atoms with E-state index in [9.17, 15) is 0 Å². The number of hydrogen-bond donors (Lipinski definition) is 2. The van der Waals surface area contributed by atoms with Gasteiger partial charge in [0.05, 0.1) is 11.6 Å². The molecule has 0 saturated carbocycles. The highest BCUT2D eigenvalue weighted by molar-refractivity contribution is 6.28. The highest BCUT2D eigenvalue weighted by Gasteiger charge is 2.11. The Bertz CT molecular complexity index is 387. The Balaban J connectivity index is 2.39. The summed E-state index contributed by atoms with van der Waals surface area (Å²) in [5.74, 6) is 0.743. The first-order chi connectivity index (χ1) is 7.31. The molecule has 4 heteroatoms. The largest absolute Gasteiger partial charge is 0.386 e. The van der Waals surface area contributed by atoms with Gasteiger partial charge in [-0.15, -0.1) is 11.6 Å². The third-order valence-electron chi connectivity index (χ3n) is 2.52. The average molecular weight is 224 g/mol. The van der Waals surface area contributed by atoms with Crippen molar-refractivity contribution in [1.29, 1.82) is 0 Å². The minimum absolute atomic E-state index is 0.275. The Hall–Kier alpha value is -1.06. The van der Waals surface area contributed by atoms with Gasteiger partial charge in [-0.05, 0) is 30.2 Å². The molecule has 3 nitrogen and oxygen atoms in total. The number of fused-ring (bicyclic) bond motifs is 1. The molecule has 0 fully saturated rings. The standard InChI is InChI=1S/C11H14ClN3/c12-6-11(13)15-10-3-1-2-8-4-5-14-7-9(8)10/h1-3,14H,4-7H2,(H2,13,15). The van der Waals surface area contributed by atoms with Crippen LogP contribution in [-0.4, -0.2) is 18.3 Å². The molecule has 2 rings (SSSR count). The van der Waals surface area contributed by atoms with Crippen LogP contribution in [0, 0.1) is 0 Å². The van der Waals surface area contributed by atoms with Crippen molar-refractivity contribution in [3.63, 3.8) is 0 Å². The Morgan fingerprint density at radius 2 is 2.40 bits per heavy atom. The van der Waals surface area contributed by atoms with Crippen molar-refractivity contribution in [2.75, 3.05) is 12.4 Å². The molecule has 1 heterocycles. The van der Waals surface area contributed by atoms with Gasteiger partial charge in [-0.3, -0.25) is 0 Å². The van der Waals surface area contributed by atoms with Gasteiger partial charge in [0.15, 0.2) is 0 Å². The van der Waals surface area contributed by atoms with E-state index in [-0.39, 0.29) is 5.88 Å². The second kappa shape index (κ2) is 4.64. The maximum Gasteiger partial charge on any atom is 0.115 e. The number of rotatable bonds is 2. The zero-order valence-corrected chi connectivity index (χ0v) is 9.22. The van der Waals surface area contributed by atoms with Crippen molar-refractivity contribution >= 4 is 23.1 Å². The first kappa shape index (κ1) is 10.5. The third-order valence-corrected chi connectivity index (χ3v) is 2.80. The zero-order valence-electron chi connectivity index (χ0n) is 8.46. The van der Waals surface area contributed by atoms with Crippen LogP contribution in [0.5, 0.6) is 0 Å². The van der Waals surface area contributed by atoms with Gasteiger partial charge in [0.2, 0.25) is 0 Å². The SMILES string of the molecule is NC(CCl)=Nc1cccc2c1CNCC2. The highest BCUT2D eigenvalue weighted by atomic mass is 35.5. The van der Waals surface area contributed by atoms with Crippen molar-refractivity contribution in [2.24, 2.45) is 10.7 Å². The summed E-state index contributed by atoms with van der Waals surface area (Å²) in [6.45, 7) is 1.90. The van der Waals surface area contributed by atoms with Crippen LogP contribution in [0.1, 0.15) is 11.1 Å². The quantitative estimate of drug-likeness (QED) is 0.454. The topological polar surface area (TPSA) is 50.4 Å². The first-order valence-corrected chi connectivity index (χ1v) is 5.55. The van der Waals surface area contributed by atoms with Crippen molar-refractivity contribution < 1.29 is 0 Å². The number of nitrogens with one attached hydrogen (secondary N) is 1. The van der Waals surface area contributed by atoms with E-state index in [4.69, 9.17) is 17.3 Å². The maximum atomic E-state index is 5.64. The predicted molar refractivity (Wildman–Crippen MR) is 63.9 cm³/mol. The molecule has 15 heavy (non-hydrogen) atoms. The average Bonchev–Trinajstić information content (AvgIpc) is 2.29. The smallest absolute Gasteiger partial charge is 0.115 e. The minimum atomic E-state index is 0.275. The summed E-state index contributed by atoms with van der Waals surface area (Å²) in [5, 5.41) is 3.33. The van der Waals surface area contributed by atoms with Crippen LogP contribution in [-0.2, 0) is 13.0 Å². The van der Waals surface area contributed by atoms with Crippen molar-refractivity contribution in [2.45, 2.75) is 13.0 Å². The Labute approximate surface area is 94.3 Å². The zero-order chi connectivity index (χ0) is 10.7. The number of hydrogen-bond acceptors (Lipinski definition) is 2. The monoisotopic (exact) mass is 223 g/mol. The van der Waals surface area contributed by atoms with E-state index in [1.54, 1.807) is 0 Å². The normalized spacial score (nSPS) is 16.2. The van der Waals surface area contributed by atoms with Gasteiger partial charge in [0.25, 0.3) is 0 Å². The van der Waals surface area contributed by atoms with Crippen LogP contribution in [0.3, 0.4) is 0 Å². The minimum Gasteiger partial charge on any atom is -0.386 e. The molecular weight excluding hydrogens is 210 g/mol. The second-order valence-corrected chi connectivity index (χ2v) is 3.85. The Morgan fingerprint density at radius 3 is 3.20 bits per heavy atom. The van der Waals surface area contributed by atoms with E-state index in [0.717, 1.165) is 25.2 Å². The molecule has 1 aromatic carbocycles. The van der Waals surface area contributed by atoms with Crippen molar-refractivity contribution in [3.05, 3.63) is 29.3 Å². The van der Waals surface area contributed by atoms with Crippen LogP contribution in [0.15, 0.2) is 23.2 Å². The number of nitrogens with two attached hydrogens (primary N) is 1. The lowest BCUT2D eigenvalue weighted by Gasteiger charge is -2.18. The molecular formula is C11H14ClN3. The van der Waals surface area contributed by atoms with E-state index in [1.165, 1.54) is 11.1 Å². The van der Waals surface area contributed by atoms with Gasteiger partial charge in [-0.2, -0.15) is 0 Å². The van der Waals surface area contributed by atoms with Crippen molar-refractivity contribution in [1.82, 2.24) is 5.32 Å². The number of alkyl halides is 1. The van der Waals surface area contributed by atoms with E-state index < -0.39 is 0 Å². The van der Waals surface area contributed by atoms with Crippen LogP contribution >= 0.6 is 11.6 Å². The number of aliphatic imine (C=N–C) groups is 1. The summed E-state index contributed by atoms with van der Waals surface area (Å²) in [5.41, 5.74) is 9.18. The van der Waals surface area contributed by atoms with Crippen molar-refractivity contribution in [3.8, 4) is 0 Å². The van der Waals surface area contributed by atoms with E-state index in [0.29, 0.717) is 5.84 Å². The predicted octanol–water partition coefficient (Wildman–Crippen LogP) is 1.56. The number of benzene rings is 1. The molecule has 0 spiro atoms. The summed E-state index contributed by atoms with van der Waals surface area (Å²) >= 11 is 5.61. The molecule has 1 aliphatic rings. The summed E-state index contributed by atoms with van der Waals surface area (Å²) in [6.07, 6.45) is 1.06. The molecule has 0 radical (unpaired) electrons. The lowest BCUT2D eigenvalue weighted by molar-refractivity contribution is 0.644. The third kappa shape index (κ3) is 2.30. The number of amidine groups is 1. The molecule has 0 saturated heterocycles. The molecule has 3 N–H and O–H groups in total. The Morgan fingerprint density at radius 1 is 1.53 bits per heavy atom. The highest BCUT2D eigenvalue weighted by Crippen LogP contribution is 2.25. The van der Waals surface area contributed by atoms with Gasteiger partial charge in [-0.25, -0.2) is 4.99 Å². The van der Waals surface area contributed by atoms with Gasteiger partial charge in [0, 0.05) is 6.54 Å². The van der Waals surface area contributed by atoms with Crippen LogP contribution in [0.2, 0.25) is 0 Å². The molecule has 0 aromatic heterocycles. The molecule has 0 unspecified atom stereocenters. The van der Waals surface area contributed by atoms with Crippen LogP contribution in [0.25, 0.3) is 0 Å².